The molecule has 2 rings (SSSR count). The van der Waals surface area contributed by atoms with Crippen LogP contribution in [0.15, 0.2) is 16.9 Å². The van der Waals surface area contributed by atoms with Gasteiger partial charge >= 0.3 is 0 Å². The third-order valence-electron chi connectivity index (χ3n) is 2.81. The monoisotopic (exact) mass is 216 g/mol. The summed E-state index contributed by atoms with van der Waals surface area (Å²) in [4.78, 5) is 11.6. The van der Waals surface area contributed by atoms with Crippen molar-refractivity contribution in [3.63, 3.8) is 0 Å². The van der Waals surface area contributed by atoms with Crippen molar-refractivity contribution >= 4 is 0 Å². The molecule has 0 saturated heterocycles. The summed E-state index contributed by atoms with van der Waals surface area (Å²) in [7, 11) is 0. The van der Waals surface area contributed by atoms with Gasteiger partial charge in [0.15, 0.2) is 5.75 Å². The van der Waals surface area contributed by atoms with E-state index in [9.17, 15) is 4.79 Å². The summed E-state index contributed by atoms with van der Waals surface area (Å²) >= 11 is 0. The second kappa shape index (κ2) is 3.78. The quantitative estimate of drug-likeness (QED) is 0.788. The van der Waals surface area contributed by atoms with Gasteiger partial charge < -0.3 is 4.74 Å². The SMILES string of the molecule is CCOc1c(-c2c(C)cc(C)cc2C)c1=O. The molecule has 0 amide bonds. The first-order valence-electron chi connectivity index (χ1n) is 5.56. The Morgan fingerprint density at radius 3 is 2.12 bits per heavy atom. The number of rotatable bonds is 3. The van der Waals surface area contributed by atoms with Crippen LogP contribution in [0.2, 0.25) is 0 Å². The van der Waals surface area contributed by atoms with E-state index < -0.39 is 0 Å². The maximum atomic E-state index is 11.6. The lowest BCUT2D eigenvalue weighted by Gasteiger charge is -2.06. The van der Waals surface area contributed by atoms with Gasteiger partial charge in [-0.05, 0) is 44.4 Å². The molecule has 0 N–H and O–H groups in total. The van der Waals surface area contributed by atoms with E-state index in [1.54, 1.807) is 0 Å². The normalized spacial score (nSPS) is 11.0. The zero-order valence-corrected chi connectivity index (χ0v) is 10.2. The van der Waals surface area contributed by atoms with E-state index in [4.69, 9.17) is 4.74 Å². The lowest BCUT2D eigenvalue weighted by atomic mass is 9.98. The minimum absolute atomic E-state index is 0.0666. The number of hydrogen-bond donors (Lipinski definition) is 0. The fourth-order valence-electron chi connectivity index (χ4n) is 2.24. The number of hydrogen-bond acceptors (Lipinski definition) is 2. The largest absolute Gasteiger partial charge is 0.489 e. The Labute approximate surface area is 95.6 Å². The summed E-state index contributed by atoms with van der Waals surface area (Å²) in [5.74, 6) is 0.553. The molecule has 2 aromatic carbocycles. The molecule has 2 nitrogen and oxygen atoms in total. The molecular weight excluding hydrogens is 200 g/mol. The van der Waals surface area contributed by atoms with Crippen molar-refractivity contribution in [1.29, 1.82) is 0 Å². The highest BCUT2D eigenvalue weighted by Gasteiger charge is 2.28. The van der Waals surface area contributed by atoms with Crippen molar-refractivity contribution in [2.75, 3.05) is 6.61 Å². The lowest BCUT2D eigenvalue weighted by molar-refractivity contribution is 0.349. The first kappa shape index (κ1) is 10.9. The highest BCUT2D eigenvalue weighted by molar-refractivity contribution is 5.84. The van der Waals surface area contributed by atoms with Gasteiger partial charge in [0.2, 0.25) is 5.43 Å². The van der Waals surface area contributed by atoms with Crippen LogP contribution in [0.25, 0.3) is 11.1 Å². The summed E-state index contributed by atoms with van der Waals surface area (Å²) in [6.07, 6.45) is 0. The molecule has 0 aliphatic rings. The van der Waals surface area contributed by atoms with Crippen molar-refractivity contribution in [3.8, 4) is 16.9 Å². The first-order chi connectivity index (χ1) is 7.56. The van der Waals surface area contributed by atoms with E-state index in [-0.39, 0.29) is 5.43 Å². The van der Waals surface area contributed by atoms with Crippen LogP contribution in [0.1, 0.15) is 23.6 Å². The third-order valence-corrected chi connectivity index (χ3v) is 2.81. The highest BCUT2D eigenvalue weighted by atomic mass is 16.5. The summed E-state index contributed by atoms with van der Waals surface area (Å²) in [6, 6.07) is 4.20. The van der Waals surface area contributed by atoms with Gasteiger partial charge in [-0.3, -0.25) is 4.79 Å². The van der Waals surface area contributed by atoms with E-state index in [0.717, 1.165) is 22.3 Å². The van der Waals surface area contributed by atoms with Gasteiger partial charge in [0.25, 0.3) is 0 Å². The average molecular weight is 216 g/mol. The van der Waals surface area contributed by atoms with Gasteiger partial charge in [-0.25, -0.2) is 0 Å². The molecule has 16 heavy (non-hydrogen) atoms. The molecule has 0 radical (unpaired) electrons. The fraction of sp³-hybridized carbons (Fsp3) is 0.357. The van der Waals surface area contributed by atoms with E-state index in [0.29, 0.717) is 12.4 Å². The molecule has 0 spiro atoms. The molecule has 0 aromatic heterocycles. The van der Waals surface area contributed by atoms with E-state index in [1.807, 2.05) is 20.8 Å². The van der Waals surface area contributed by atoms with Crippen LogP contribution in [0.4, 0.5) is 0 Å². The Hall–Kier alpha value is -1.57. The summed E-state index contributed by atoms with van der Waals surface area (Å²) in [6.45, 7) is 8.59. The standard InChI is InChI=1S/C14H16O2/c1-5-16-14-12(13(14)15)11-9(3)6-8(2)7-10(11)4/h6-7H,5H2,1-4H3. The fourth-order valence-corrected chi connectivity index (χ4v) is 2.24. The zero-order valence-electron chi connectivity index (χ0n) is 10.2. The van der Waals surface area contributed by atoms with Crippen molar-refractivity contribution in [1.82, 2.24) is 0 Å². The number of aryl methyl sites for hydroxylation is 3. The van der Waals surface area contributed by atoms with Gasteiger partial charge in [-0.15, -0.1) is 0 Å². The first-order valence-corrected chi connectivity index (χ1v) is 5.56. The van der Waals surface area contributed by atoms with Crippen LogP contribution >= 0.6 is 0 Å². The van der Waals surface area contributed by atoms with Crippen LogP contribution in [0.5, 0.6) is 5.75 Å². The maximum absolute atomic E-state index is 11.6. The van der Waals surface area contributed by atoms with Gasteiger partial charge in [0.1, 0.15) is 0 Å². The Morgan fingerprint density at radius 2 is 1.62 bits per heavy atom. The molecular formula is C14H16O2. The number of ether oxygens (including phenoxy) is 1. The van der Waals surface area contributed by atoms with Crippen LogP contribution < -0.4 is 10.2 Å². The molecule has 0 saturated carbocycles. The maximum Gasteiger partial charge on any atom is 0.232 e. The predicted octanol–water partition coefficient (Wildman–Crippen LogP) is 2.91. The van der Waals surface area contributed by atoms with Crippen molar-refractivity contribution in [2.24, 2.45) is 0 Å². The Kier molecular flexibility index (Phi) is 2.58. The van der Waals surface area contributed by atoms with Crippen LogP contribution in [-0.2, 0) is 0 Å². The van der Waals surface area contributed by atoms with Crippen molar-refractivity contribution < 1.29 is 4.74 Å². The Morgan fingerprint density at radius 1 is 1.06 bits per heavy atom. The van der Waals surface area contributed by atoms with Crippen LogP contribution in [0.3, 0.4) is 0 Å². The molecule has 0 aliphatic carbocycles. The second-order valence-electron chi connectivity index (χ2n) is 4.24. The third kappa shape index (κ3) is 1.64. The lowest BCUT2D eigenvalue weighted by Crippen LogP contribution is -1.88. The molecule has 2 aromatic rings. The summed E-state index contributed by atoms with van der Waals surface area (Å²) < 4.78 is 5.30. The Bertz CT molecular complexity index is 520. The van der Waals surface area contributed by atoms with Crippen molar-refractivity contribution in [3.05, 3.63) is 39.0 Å². The van der Waals surface area contributed by atoms with Crippen LogP contribution in [-0.4, -0.2) is 6.61 Å². The van der Waals surface area contributed by atoms with Crippen molar-refractivity contribution in [2.45, 2.75) is 27.7 Å². The van der Waals surface area contributed by atoms with Gasteiger partial charge in [0.05, 0.1) is 12.2 Å². The molecule has 0 unspecified atom stereocenters. The highest BCUT2D eigenvalue weighted by Crippen LogP contribution is 2.37. The van der Waals surface area contributed by atoms with Gasteiger partial charge in [-0.1, -0.05) is 17.7 Å². The van der Waals surface area contributed by atoms with E-state index in [2.05, 4.69) is 19.1 Å². The molecule has 0 fully saturated rings. The molecule has 84 valence electrons. The second-order valence-corrected chi connectivity index (χ2v) is 4.24. The molecule has 0 aliphatic heterocycles. The van der Waals surface area contributed by atoms with Gasteiger partial charge in [-0.2, -0.15) is 0 Å². The minimum atomic E-state index is 0.0666. The molecule has 0 bridgehead atoms. The molecule has 0 heterocycles. The molecule has 0 atom stereocenters. The zero-order chi connectivity index (χ0) is 11.9. The number of benzene rings is 1. The average Bonchev–Trinajstić information content (AvgIpc) is 2.77. The molecule has 2 heteroatoms. The summed E-state index contributed by atoms with van der Waals surface area (Å²) in [5, 5.41) is 0. The summed E-state index contributed by atoms with van der Waals surface area (Å²) in [5.41, 5.74) is 5.42. The van der Waals surface area contributed by atoms with Crippen LogP contribution in [0, 0.1) is 20.8 Å². The predicted molar refractivity (Wildman–Crippen MR) is 65.9 cm³/mol. The topological polar surface area (TPSA) is 26.3 Å². The minimum Gasteiger partial charge on any atom is -0.489 e. The Balaban J connectivity index is 2.49. The van der Waals surface area contributed by atoms with E-state index in [1.165, 1.54) is 5.56 Å². The smallest absolute Gasteiger partial charge is 0.232 e. The van der Waals surface area contributed by atoms with E-state index >= 15 is 0 Å². The van der Waals surface area contributed by atoms with Gasteiger partial charge in [0, 0.05) is 0 Å².